The van der Waals surface area contributed by atoms with Crippen LogP contribution in [0.5, 0.6) is 0 Å². The molecule has 2 rings (SSSR count). The smallest absolute Gasteiger partial charge is 0.308 e. The third-order valence-corrected chi connectivity index (χ3v) is 5.27. The van der Waals surface area contributed by atoms with E-state index in [0.717, 1.165) is 51.5 Å². The van der Waals surface area contributed by atoms with Crippen LogP contribution in [0.3, 0.4) is 0 Å². The number of likely N-dealkylation sites (tertiary alicyclic amines) is 2. The second-order valence-electron chi connectivity index (χ2n) is 6.76. The Labute approximate surface area is 169 Å². The van der Waals surface area contributed by atoms with Gasteiger partial charge in [0.05, 0.1) is 19.6 Å². The number of carbonyl (C=O) groups is 1. The van der Waals surface area contributed by atoms with Crippen molar-refractivity contribution in [2.75, 3.05) is 46.4 Å². The molecule has 0 aromatic rings. The maximum Gasteiger partial charge on any atom is 0.308 e. The van der Waals surface area contributed by atoms with Gasteiger partial charge in [0.1, 0.15) is 0 Å². The van der Waals surface area contributed by atoms with Crippen LogP contribution >= 0.6 is 24.0 Å². The molecule has 1 unspecified atom stereocenters. The second-order valence-corrected chi connectivity index (χ2v) is 6.76. The highest BCUT2D eigenvalue weighted by Crippen LogP contribution is 2.19. The number of carbonyl (C=O) groups excluding carboxylic acids is 1. The van der Waals surface area contributed by atoms with Crippen LogP contribution in [0.2, 0.25) is 0 Å². The molecule has 2 aliphatic heterocycles. The van der Waals surface area contributed by atoms with Gasteiger partial charge in [0.25, 0.3) is 0 Å². The zero-order valence-corrected chi connectivity index (χ0v) is 18.3. The molecule has 7 heteroatoms. The standard InChI is InChI=1S/C18H34N4O2.HI/c1-4-19-18(20-14-16-8-6-7-11-21(16)5-2)22-12-9-15(10-13-22)17(23)24-3;/h15-16H,4-14H2,1-3H3,(H,19,20);1H. The minimum atomic E-state index is -0.0719. The molecule has 1 N–H and O–H groups in total. The molecular weight excluding hydrogens is 431 g/mol. The van der Waals surface area contributed by atoms with Gasteiger partial charge in [-0.2, -0.15) is 0 Å². The van der Waals surface area contributed by atoms with Crippen molar-refractivity contribution in [3.8, 4) is 0 Å². The predicted octanol–water partition coefficient (Wildman–Crippen LogP) is 2.33. The maximum absolute atomic E-state index is 11.7. The monoisotopic (exact) mass is 466 g/mol. The fourth-order valence-corrected chi connectivity index (χ4v) is 3.79. The largest absolute Gasteiger partial charge is 0.469 e. The first-order valence-electron chi connectivity index (χ1n) is 9.54. The Morgan fingerprint density at radius 1 is 1.16 bits per heavy atom. The molecule has 0 aromatic carbocycles. The van der Waals surface area contributed by atoms with Crippen molar-refractivity contribution in [2.24, 2.45) is 10.9 Å². The Hall–Kier alpha value is -0.570. The summed E-state index contributed by atoms with van der Waals surface area (Å²) in [6.45, 7) is 10.1. The summed E-state index contributed by atoms with van der Waals surface area (Å²) < 4.78 is 4.88. The van der Waals surface area contributed by atoms with E-state index in [2.05, 4.69) is 29.0 Å². The number of guanidine groups is 1. The van der Waals surface area contributed by atoms with Gasteiger partial charge in [0.15, 0.2) is 5.96 Å². The highest BCUT2D eigenvalue weighted by atomic mass is 127. The first kappa shape index (κ1) is 22.5. The SMILES string of the molecule is CCNC(=NCC1CCCCN1CC)N1CCC(C(=O)OC)CC1.I. The van der Waals surface area contributed by atoms with Gasteiger partial charge in [-0.3, -0.25) is 14.7 Å². The molecule has 0 aromatic heterocycles. The maximum atomic E-state index is 11.7. The van der Waals surface area contributed by atoms with Gasteiger partial charge in [0, 0.05) is 25.7 Å². The minimum Gasteiger partial charge on any atom is -0.469 e. The number of esters is 1. The summed E-state index contributed by atoms with van der Waals surface area (Å²) in [5.41, 5.74) is 0. The fraction of sp³-hybridized carbons (Fsp3) is 0.889. The highest BCUT2D eigenvalue weighted by molar-refractivity contribution is 14.0. The Morgan fingerprint density at radius 3 is 2.48 bits per heavy atom. The van der Waals surface area contributed by atoms with Crippen LogP contribution in [-0.2, 0) is 9.53 Å². The molecule has 25 heavy (non-hydrogen) atoms. The van der Waals surface area contributed by atoms with E-state index < -0.39 is 0 Å². The summed E-state index contributed by atoms with van der Waals surface area (Å²) in [6.07, 6.45) is 5.58. The summed E-state index contributed by atoms with van der Waals surface area (Å²) in [5, 5.41) is 3.42. The van der Waals surface area contributed by atoms with Crippen molar-refractivity contribution in [3.05, 3.63) is 0 Å². The van der Waals surface area contributed by atoms with Crippen LogP contribution in [-0.4, -0.2) is 74.1 Å². The van der Waals surface area contributed by atoms with E-state index >= 15 is 0 Å². The molecule has 0 spiro atoms. The molecule has 0 aliphatic carbocycles. The number of nitrogens with one attached hydrogen (secondary N) is 1. The van der Waals surface area contributed by atoms with E-state index in [9.17, 15) is 4.79 Å². The predicted molar refractivity (Wildman–Crippen MR) is 113 cm³/mol. The lowest BCUT2D eigenvalue weighted by molar-refractivity contribution is -0.146. The molecule has 2 aliphatic rings. The summed E-state index contributed by atoms with van der Waals surface area (Å²) in [4.78, 5) is 21.5. The summed E-state index contributed by atoms with van der Waals surface area (Å²) in [7, 11) is 1.48. The van der Waals surface area contributed by atoms with Crippen LogP contribution < -0.4 is 5.32 Å². The third kappa shape index (κ3) is 6.58. The molecule has 2 saturated heterocycles. The van der Waals surface area contributed by atoms with Crippen molar-refractivity contribution in [3.63, 3.8) is 0 Å². The van der Waals surface area contributed by atoms with E-state index in [0.29, 0.717) is 6.04 Å². The van der Waals surface area contributed by atoms with Crippen LogP contribution in [0.1, 0.15) is 46.0 Å². The number of hydrogen-bond donors (Lipinski definition) is 1. The number of likely N-dealkylation sites (N-methyl/N-ethyl adjacent to an activating group) is 1. The lowest BCUT2D eigenvalue weighted by Gasteiger charge is -2.35. The molecule has 1 atom stereocenters. The zero-order valence-electron chi connectivity index (χ0n) is 16.0. The van der Waals surface area contributed by atoms with Crippen LogP contribution in [0.25, 0.3) is 0 Å². The number of nitrogens with zero attached hydrogens (tertiary/aromatic N) is 3. The Bertz CT molecular complexity index is 425. The van der Waals surface area contributed by atoms with Crippen molar-refractivity contribution in [1.29, 1.82) is 0 Å². The minimum absolute atomic E-state index is 0. The van der Waals surface area contributed by atoms with Crippen LogP contribution in [0.15, 0.2) is 4.99 Å². The lowest BCUT2D eigenvalue weighted by atomic mass is 9.97. The second kappa shape index (κ2) is 11.9. The molecule has 2 fully saturated rings. The highest BCUT2D eigenvalue weighted by Gasteiger charge is 2.27. The Kier molecular flexibility index (Phi) is 10.7. The molecule has 0 amide bonds. The van der Waals surface area contributed by atoms with Crippen molar-refractivity contribution >= 4 is 35.9 Å². The Balaban J connectivity index is 0.00000312. The van der Waals surface area contributed by atoms with E-state index in [1.807, 2.05) is 0 Å². The van der Waals surface area contributed by atoms with Gasteiger partial charge in [-0.05, 0) is 45.7 Å². The molecule has 0 bridgehead atoms. The number of ether oxygens (including phenoxy) is 1. The topological polar surface area (TPSA) is 57.2 Å². The summed E-state index contributed by atoms with van der Waals surface area (Å²) in [6, 6.07) is 0.574. The number of methoxy groups -OCH3 is 1. The molecule has 2 heterocycles. The number of halogens is 1. The third-order valence-electron chi connectivity index (χ3n) is 5.27. The van der Waals surface area contributed by atoms with Crippen molar-refractivity contribution < 1.29 is 9.53 Å². The average molecular weight is 466 g/mol. The zero-order chi connectivity index (χ0) is 17.4. The van der Waals surface area contributed by atoms with E-state index in [-0.39, 0.29) is 35.9 Å². The van der Waals surface area contributed by atoms with Gasteiger partial charge < -0.3 is 15.0 Å². The molecule has 6 nitrogen and oxygen atoms in total. The molecular formula is C18H35IN4O2. The van der Waals surface area contributed by atoms with Gasteiger partial charge in [-0.25, -0.2) is 0 Å². The van der Waals surface area contributed by atoms with Crippen LogP contribution in [0.4, 0.5) is 0 Å². The van der Waals surface area contributed by atoms with Gasteiger partial charge in [0.2, 0.25) is 0 Å². The van der Waals surface area contributed by atoms with Crippen molar-refractivity contribution in [1.82, 2.24) is 15.1 Å². The number of rotatable bonds is 5. The van der Waals surface area contributed by atoms with E-state index in [1.54, 1.807) is 0 Å². The Morgan fingerprint density at radius 2 is 1.88 bits per heavy atom. The van der Waals surface area contributed by atoms with Gasteiger partial charge in [-0.15, -0.1) is 24.0 Å². The molecule has 146 valence electrons. The number of hydrogen-bond acceptors (Lipinski definition) is 4. The molecule has 0 radical (unpaired) electrons. The van der Waals surface area contributed by atoms with Gasteiger partial charge >= 0.3 is 5.97 Å². The summed E-state index contributed by atoms with van der Waals surface area (Å²) in [5.74, 6) is 0.975. The summed E-state index contributed by atoms with van der Waals surface area (Å²) >= 11 is 0. The quantitative estimate of drug-likeness (QED) is 0.292. The lowest BCUT2D eigenvalue weighted by Crippen LogP contribution is -2.48. The number of aliphatic imine (C=N–C) groups is 1. The fourth-order valence-electron chi connectivity index (χ4n) is 3.79. The van der Waals surface area contributed by atoms with Crippen molar-refractivity contribution in [2.45, 2.75) is 52.0 Å². The number of piperidine rings is 2. The van der Waals surface area contributed by atoms with Crippen LogP contribution in [0, 0.1) is 5.92 Å². The first-order valence-corrected chi connectivity index (χ1v) is 9.54. The molecule has 0 saturated carbocycles. The first-order chi connectivity index (χ1) is 11.7. The van der Waals surface area contributed by atoms with E-state index in [1.165, 1.54) is 32.9 Å². The van der Waals surface area contributed by atoms with E-state index in [4.69, 9.17) is 9.73 Å². The van der Waals surface area contributed by atoms with Gasteiger partial charge in [-0.1, -0.05) is 13.3 Å². The average Bonchev–Trinajstić information content (AvgIpc) is 2.64. The normalized spacial score (nSPS) is 23.1.